The van der Waals surface area contributed by atoms with Crippen molar-refractivity contribution in [3.8, 4) is 0 Å². The van der Waals surface area contributed by atoms with Crippen molar-refractivity contribution in [3.05, 3.63) is 51.1 Å². The van der Waals surface area contributed by atoms with Crippen LogP contribution in [0.15, 0.2) is 24.3 Å². The lowest BCUT2D eigenvalue weighted by molar-refractivity contribution is -0.115. The Kier molecular flexibility index (Phi) is 6.01. The molecule has 0 aliphatic carbocycles. The average molecular weight is 394 g/mol. The molecule has 0 atom stereocenters. The van der Waals surface area contributed by atoms with Gasteiger partial charge in [-0.2, -0.15) is 0 Å². The van der Waals surface area contributed by atoms with Crippen molar-refractivity contribution in [3.63, 3.8) is 0 Å². The van der Waals surface area contributed by atoms with Crippen LogP contribution in [-0.2, 0) is 16.0 Å². The first-order chi connectivity index (χ1) is 12.4. The van der Waals surface area contributed by atoms with Gasteiger partial charge in [0.1, 0.15) is 5.82 Å². The standard InChI is InChI=1S/C19H21Cl2N3O2/c1-12-9-17(24-5-7-26-8-6-24)22-13(2)19(12)23-18(25)11-14-3-4-15(20)16(21)10-14/h3-4,9-10H,5-8,11H2,1-2H3,(H,23,25). The van der Waals surface area contributed by atoms with E-state index in [1.165, 1.54) is 0 Å². The summed E-state index contributed by atoms with van der Waals surface area (Å²) in [5.74, 6) is 0.807. The molecule has 1 amide bonds. The molecule has 1 fully saturated rings. The van der Waals surface area contributed by atoms with Gasteiger partial charge < -0.3 is 15.0 Å². The van der Waals surface area contributed by atoms with Crippen LogP contribution >= 0.6 is 23.2 Å². The Morgan fingerprint density at radius 3 is 2.58 bits per heavy atom. The Labute approximate surface area is 163 Å². The minimum absolute atomic E-state index is 0.115. The van der Waals surface area contributed by atoms with Crippen molar-refractivity contribution < 1.29 is 9.53 Å². The lowest BCUT2D eigenvalue weighted by atomic mass is 10.1. The number of pyridine rings is 1. The van der Waals surface area contributed by atoms with E-state index in [0.717, 1.165) is 41.4 Å². The number of nitrogens with one attached hydrogen (secondary N) is 1. The molecule has 1 N–H and O–H groups in total. The lowest BCUT2D eigenvalue weighted by Gasteiger charge is -2.28. The molecule has 0 saturated carbocycles. The molecule has 3 rings (SSSR count). The summed E-state index contributed by atoms with van der Waals surface area (Å²) in [6, 6.07) is 7.21. The Hall–Kier alpha value is -1.82. The zero-order valence-corrected chi connectivity index (χ0v) is 16.3. The van der Waals surface area contributed by atoms with Gasteiger partial charge >= 0.3 is 0 Å². The number of rotatable bonds is 4. The van der Waals surface area contributed by atoms with Gasteiger partial charge in [-0.3, -0.25) is 4.79 Å². The molecule has 138 valence electrons. The molecule has 2 heterocycles. The normalized spacial score (nSPS) is 14.4. The first kappa shape index (κ1) is 19.0. The van der Waals surface area contributed by atoms with Crippen LogP contribution in [0.2, 0.25) is 10.0 Å². The molecule has 1 aliphatic heterocycles. The highest BCUT2D eigenvalue weighted by Crippen LogP contribution is 2.26. The number of amides is 1. The first-order valence-corrected chi connectivity index (χ1v) is 9.24. The molecular weight excluding hydrogens is 373 g/mol. The Morgan fingerprint density at radius 2 is 1.92 bits per heavy atom. The fraction of sp³-hybridized carbons (Fsp3) is 0.368. The van der Waals surface area contributed by atoms with E-state index < -0.39 is 0 Å². The van der Waals surface area contributed by atoms with Crippen LogP contribution in [0.1, 0.15) is 16.8 Å². The number of hydrogen-bond donors (Lipinski definition) is 1. The van der Waals surface area contributed by atoms with Crippen LogP contribution < -0.4 is 10.2 Å². The zero-order chi connectivity index (χ0) is 18.7. The van der Waals surface area contributed by atoms with Gasteiger partial charge in [0, 0.05) is 13.1 Å². The lowest BCUT2D eigenvalue weighted by Crippen LogP contribution is -2.37. The number of hydrogen-bond acceptors (Lipinski definition) is 4. The summed E-state index contributed by atoms with van der Waals surface area (Å²) >= 11 is 11.9. The topological polar surface area (TPSA) is 54.5 Å². The number of nitrogens with zero attached hydrogens (tertiary/aromatic N) is 2. The average Bonchev–Trinajstić information content (AvgIpc) is 2.62. The van der Waals surface area contributed by atoms with E-state index in [2.05, 4.69) is 15.2 Å². The summed E-state index contributed by atoms with van der Waals surface area (Å²) in [5.41, 5.74) is 3.35. The molecule has 5 nitrogen and oxygen atoms in total. The maximum absolute atomic E-state index is 12.4. The number of morpholine rings is 1. The van der Waals surface area contributed by atoms with Gasteiger partial charge in [-0.1, -0.05) is 29.3 Å². The minimum Gasteiger partial charge on any atom is -0.378 e. The number of halogens is 2. The third-order valence-corrected chi connectivity index (χ3v) is 5.07. The quantitative estimate of drug-likeness (QED) is 0.851. The number of ether oxygens (including phenoxy) is 1. The highest BCUT2D eigenvalue weighted by molar-refractivity contribution is 6.42. The van der Waals surface area contributed by atoms with Crippen LogP contribution in [-0.4, -0.2) is 37.2 Å². The number of carbonyl (C=O) groups is 1. The highest BCUT2D eigenvalue weighted by Gasteiger charge is 2.16. The molecule has 1 aromatic carbocycles. The van der Waals surface area contributed by atoms with Crippen molar-refractivity contribution in [1.29, 1.82) is 0 Å². The number of aromatic nitrogens is 1. The first-order valence-electron chi connectivity index (χ1n) is 8.49. The second kappa shape index (κ2) is 8.25. The minimum atomic E-state index is -0.115. The van der Waals surface area contributed by atoms with Crippen LogP contribution in [0.5, 0.6) is 0 Å². The molecule has 0 unspecified atom stereocenters. The van der Waals surface area contributed by atoms with E-state index in [9.17, 15) is 4.79 Å². The second-order valence-electron chi connectivity index (χ2n) is 6.33. The monoisotopic (exact) mass is 393 g/mol. The van der Waals surface area contributed by atoms with Gasteiger partial charge in [0.25, 0.3) is 0 Å². The summed E-state index contributed by atoms with van der Waals surface area (Å²) in [6.45, 7) is 6.97. The Morgan fingerprint density at radius 1 is 1.19 bits per heavy atom. The predicted molar refractivity (Wildman–Crippen MR) is 106 cm³/mol. The van der Waals surface area contributed by atoms with Crippen LogP contribution in [0.3, 0.4) is 0 Å². The third kappa shape index (κ3) is 4.47. The largest absolute Gasteiger partial charge is 0.378 e. The van der Waals surface area contributed by atoms with Crippen molar-refractivity contribution in [2.75, 3.05) is 36.5 Å². The van der Waals surface area contributed by atoms with Crippen molar-refractivity contribution in [1.82, 2.24) is 4.98 Å². The van der Waals surface area contributed by atoms with Gasteiger partial charge in [0.15, 0.2) is 0 Å². The molecule has 1 aliphatic rings. The van der Waals surface area contributed by atoms with Crippen molar-refractivity contribution in [2.24, 2.45) is 0 Å². The van der Waals surface area contributed by atoms with E-state index in [4.69, 9.17) is 27.9 Å². The van der Waals surface area contributed by atoms with Gasteiger partial charge in [-0.05, 0) is 43.2 Å². The van der Waals surface area contributed by atoms with E-state index in [-0.39, 0.29) is 12.3 Å². The molecule has 26 heavy (non-hydrogen) atoms. The van der Waals surface area contributed by atoms with E-state index in [1.54, 1.807) is 18.2 Å². The van der Waals surface area contributed by atoms with Crippen molar-refractivity contribution >= 4 is 40.6 Å². The predicted octanol–water partition coefficient (Wildman–Crippen LogP) is 4.02. The summed E-state index contributed by atoms with van der Waals surface area (Å²) in [4.78, 5) is 19.3. The van der Waals surface area contributed by atoms with Crippen LogP contribution in [0.4, 0.5) is 11.5 Å². The summed E-state index contributed by atoms with van der Waals surface area (Å²) in [7, 11) is 0. The number of benzene rings is 1. The summed E-state index contributed by atoms with van der Waals surface area (Å²) in [5, 5.41) is 3.89. The second-order valence-corrected chi connectivity index (χ2v) is 7.14. The Bertz CT molecular complexity index is 797. The SMILES string of the molecule is Cc1cc(N2CCOCC2)nc(C)c1NC(=O)Cc1ccc(Cl)c(Cl)c1. The smallest absolute Gasteiger partial charge is 0.228 e. The maximum Gasteiger partial charge on any atom is 0.228 e. The van der Waals surface area contributed by atoms with Gasteiger partial charge in [-0.15, -0.1) is 0 Å². The van der Waals surface area contributed by atoms with Crippen molar-refractivity contribution in [2.45, 2.75) is 20.3 Å². The number of anilines is 2. The molecular formula is C19H21Cl2N3O2. The molecule has 1 saturated heterocycles. The van der Waals surface area contributed by atoms with E-state index >= 15 is 0 Å². The van der Waals surface area contributed by atoms with Gasteiger partial charge in [-0.25, -0.2) is 4.98 Å². The maximum atomic E-state index is 12.4. The van der Waals surface area contributed by atoms with Crippen LogP contribution in [0.25, 0.3) is 0 Å². The number of carbonyl (C=O) groups excluding carboxylic acids is 1. The molecule has 1 aromatic heterocycles. The summed E-state index contributed by atoms with van der Waals surface area (Å²) in [6.07, 6.45) is 0.223. The zero-order valence-electron chi connectivity index (χ0n) is 14.8. The number of aryl methyl sites for hydroxylation is 2. The Balaban J connectivity index is 1.72. The molecule has 0 spiro atoms. The molecule has 2 aromatic rings. The van der Waals surface area contributed by atoms with Gasteiger partial charge in [0.2, 0.25) is 5.91 Å². The van der Waals surface area contributed by atoms with Gasteiger partial charge in [0.05, 0.1) is 41.1 Å². The van der Waals surface area contributed by atoms with E-state index in [0.29, 0.717) is 23.3 Å². The van der Waals surface area contributed by atoms with Crippen LogP contribution in [0, 0.1) is 13.8 Å². The summed E-state index contributed by atoms with van der Waals surface area (Å²) < 4.78 is 5.39. The molecule has 0 bridgehead atoms. The van der Waals surface area contributed by atoms with E-state index in [1.807, 2.05) is 19.9 Å². The third-order valence-electron chi connectivity index (χ3n) is 4.33. The fourth-order valence-corrected chi connectivity index (χ4v) is 3.29. The molecule has 7 heteroatoms. The fourth-order valence-electron chi connectivity index (χ4n) is 2.97. The highest BCUT2D eigenvalue weighted by atomic mass is 35.5. The molecule has 0 radical (unpaired) electrons.